The van der Waals surface area contributed by atoms with Crippen LogP contribution in [-0.2, 0) is 40.2 Å². The van der Waals surface area contributed by atoms with Crippen molar-refractivity contribution in [2.24, 2.45) is 22.0 Å². The molecule has 0 saturated carbocycles. The fourth-order valence-electron chi connectivity index (χ4n) is 4.61. The number of phenolic OH excluding ortho intramolecular Hbond substituents is 1. The Morgan fingerprint density at radius 3 is 2.12 bits per heavy atom. The summed E-state index contributed by atoms with van der Waals surface area (Å²) in [6, 6.07) is 11.4. The van der Waals surface area contributed by atoms with Crippen LogP contribution in [0.4, 0.5) is 34.6 Å². The van der Waals surface area contributed by atoms with Crippen molar-refractivity contribution in [1.29, 1.82) is 0 Å². The highest BCUT2D eigenvalue weighted by molar-refractivity contribution is 7.87. The fourth-order valence-corrected chi connectivity index (χ4v) is 6.40. The zero-order chi connectivity index (χ0) is 38.0. The average Bonchev–Trinajstić information content (AvgIpc) is 3.08. The summed E-state index contributed by atoms with van der Waals surface area (Å²) in [6.07, 6.45) is 0. The van der Waals surface area contributed by atoms with Gasteiger partial charge in [0.1, 0.15) is 15.5 Å². The molecule has 0 aliphatic carbocycles. The van der Waals surface area contributed by atoms with Gasteiger partial charge in [-0.1, -0.05) is 23.8 Å². The molecule has 1 unspecified atom stereocenters. The van der Waals surface area contributed by atoms with Crippen LogP contribution in [0.3, 0.4) is 0 Å². The number of benzene rings is 4. The summed E-state index contributed by atoms with van der Waals surface area (Å²) < 4.78 is 84.6. The molecule has 22 nitrogen and oxygen atoms in total. The number of azo groups is 1. The Kier molecular flexibility index (Phi) is 10.6. The first kappa shape index (κ1) is 37.3. The molecule has 25 heteroatoms. The Morgan fingerprint density at radius 2 is 1.48 bits per heavy atom. The molecule has 4 aromatic carbocycles. The van der Waals surface area contributed by atoms with E-state index >= 15 is 0 Å². The van der Waals surface area contributed by atoms with Crippen molar-refractivity contribution in [3.8, 4) is 17.5 Å². The first-order valence-corrected chi connectivity index (χ1v) is 17.6. The van der Waals surface area contributed by atoms with Gasteiger partial charge < -0.3 is 30.1 Å². The summed E-state index contributed by atoms with van der Waals surface area (Å²) in [5, 5.41) is 43.6. The minimum absolute atomic E-state index is 0.132. The van der Waals surface area contributed by atoms with Gasteiger partial charge in [-0.05, 0) is 49.4 Å². The van der Waals surface area contributed by atoms with Crippen LogP contribution in [0.15, 0.2) is 80.7 Å². The second kappa shape index (κ2) is 14.7. The minimum atomic E-state index is -4.76. The number of carboxylic acids is 1. The van der Waals surface area contributed by atoms with Crippen LogP contribution in [-0.4, -0.2) is 61.8 Å². The number of nitrogens with zero attached hydrogens (tertiary/aromatic N) is 5. The molecule has 272 valence electrons. The number of aromatic hydroxyl groups is 2. The van der Waals surface area contributed by atoms with Crippen molar-refractivity contribution in [3.05, 3.63) is 71.8 Å². The average molecular weight is 778 g/mol. The second-order valence-corrected chi connectivity index (χ2v) is 13.7. The van der Waals surface area contributed by atoms with Crippen LogP contribution in [0.1, 0.15) is 15.9 Å². The summed E-state index contributed by atoms with van der Waals surface area (Å²) in [5.74, 6) is 5.98. The second-order valence-electron chi connectivity index (χ2n) is 10.1. The molecule has 1 atom stereocenters. The number of carbonyl (C=O) groups is 1. The van der Waals surface area contributed by atoms with Crippen LogP contribution in [0.2, 0.25) is 0 Å². The van der Waals surface area contributed by atoms with Gasteiger partial charge in [0.25, 0.3) is 0 Å². The first-order valence-electron chi connectivity index (χ1n) is 13.8. The summed E-state index contributed by atoms with van der Waals surface area (Å²) >= 11 is -3.08. The number of anilines is 4. The van der Waals surface area contributed by atoms with Crippen molar-refractivity contribution in [2.75, 3.05) is 10.6 Å². The monoisotopic (exact) mass is 777 g/mol. The predicted molar refractivity (Wildman–Crippen MR) is 179 cm³/mol. The molecule has 1 heterocycles. The standard InChI is InChI=1S/C27H23N9O13S3/c1-12-6-7-15(13(10-12)24(38)39)35-36-22-18(47-50(41)42)11-14-19(51(43,44)48-28)9-8-17(21(14)23(22)37)31-26-32-25(33-27(40)34-26)30-16-4-2-3-5-20(16)52(45,46)49-29/h2-11,37H,28-29H2,1H3,(H,38,39)(H,41,42)(H3,30,31,32,33,34,40). The first-order chi connectivity index (χ1) is 24.5. The number of aryl methyl sites for hydroxylation is 1. The fraction of sp³-hybridized carbons (Fsp3) is 0.0370. The molecule has 0 bridgehead atoms. The number of rotatable bonds is 13. The lowest BCUT2D eigenvalue weighted by Gasteiger charge is -2.16. The van der Waals surface area contributed by atoms with E-state index in [2.05, 4.69) is 44.4 Å². The highest BCUT2D eigenvalue weighted by Crippen LogP contribution is 2.48. The Morgan fingerprint density at radius 1 is 0.846 bits per heavy atom. The van der Waals surface area contributed by atoms with Gasteiger partial charge in [0.2, 0.25) is 11.9 Å². The smallest absolute Gasteiger partial charge is 0.357 e. The number of aromatic carboxylic acids is 1. The number of carboxylic acid groups (broad SMARTS) is 1. The van der Waals surface area contributed by atoms with E-state index in [0.29, 0.717) is 5.56 Å². The maximum Gasteiger partial charge on any atom is 0.357 e. The Balaban J connectivity index is 1.70. The normalized spacial score (nSPS) is 12.5. The molecule has 0 amide bonds. The molecule has 0 fully saturated rings. The van der Waals surface area contributed by atoms with E-state index in [9.17, 15) is 45.7 Å². The van der Waals surface area contributed by atoms with Crippen LogP contribution in [0.25, 0.3) is 10.8 Å². The van der Waals surface area contributed by atoms with Gasteiger partial charge in [0.15, 0.2) is 17.2 Å². The Labute approximate surface area is 294 Å². The maximum absolute atomic E-state index is 12.8. The third-order valence-corrected chi connectivity index (χ3v) is 9.39. The SMILES string of the molecule is Cc1ccc(N=Nc2c(OS(=O)O)cc3c(S(=O)(=O)ON)ccc(Nc4nc(O)nc(Nc5ccccc5S(=O)(=O)ON)n4)c3c2O)c(C(=O)O)c1. The number of aromatic nitrogens is 3. The molecule has 10 N–H and O–H groups in total. The van der Waals surface area contributed by atoms with Crippen LogP contribution in [0.5, 0.6) is 17.5 Å². The van der Waals surface area contributed by atoms with Crippen LogP contribution in [0, 0.1) is 6.92 Å². The molecule has 0 radical (unpaired) electrons. The number of phenols is 1. The molecule has 0 saturated heterocycles. The lowest BCUT2D eigenvalue weighted by Crippen LogP contribution is -2.13. The lowest BCUT2D eigenvalue weighted by molar-refractivity contribution is 0.0697. The van der Waals surface area contributed by atoms with Gasteiger partial charge >= 0.3 is 43.6 Å². The van der Waals surface area contributed by atoms with E-state index in [1.807, 2.05) is 0 Å². The molecule has 0 aliphatic heterocycles. The Hall–Kier alpha value is -5.93. The highest BCUT2D eigenvalue weighted by atomic mass is 32.2. The number of hydrogen-bond donors (Lipinski definition) is 8. The van der Waals surface area contributed by atoms with Crippen molar-refractivity contribution < 1.29 is 58.5 Å². The summed E-state index contributed by atoms with van der Waals surface area (Å²) in [6.45, 7) is 1.63. The largest absolute Gasteiger partial charge is 0.505 e. The molecule has 0 spiro atoms. The summed E-state index contributed by atoms with van der Waals surface area (Å²) in [4.78, 5) is 22.3. The Bertz CT molecular complexity index is 2520. The van der Waals surface area contributed by atoms with E-state index in [0.717, 1.165) is 24.3 Å². The van der Waals surface area contributed by atoms with Crippen molar-refractivity contribution in [2.45, 2.75) is 16.7 Å². The number of nitrogens with two attached hydrogens (primary N) is 2. The van der Waals surface area contributed by atoms with Gasteiger partial charge in [0, 0.05) is 5.39 Å². The van der Waals surface area contributed by atoms with E-state index in [4.69, 9.17) is 16.0 Å². The molecule has 5 aromatic rings. The van der Waals surface area contributed by atoms with Gasteiger partial charge in [-0.25, -0.2) is 4.79 Å². The number of para-hydroxylation sites is 1. The maximum atomic E-state index is 12.8. The summed E-state index contributed by atoms with van der Waals surface area (Å²) in [7, 11) is -9.20. The van der Waals surface area contributed by atoms with Gasteiger partial charge in [-0.2, -0.15) is 56.4 Å². The lowest BCUT2D eigenvalue weighted by atomic mass is 10.1. The highest BCUT2D eigenvalue weighted by Gasteiger charge is 2.27. The minimum Gasteiger partial charge on any atom is -0.505 e. The molecule has 0 aliphatic rings. The van der Waals surface area contributed by atoms with E-state index < -0.39 is 93.2 Å². The topological polar surface area (TPSA) is 351 Å². The van der Waals surface area contributed by atoms with Gasteiger partial charge in [0.05, 0.1) is 22.3 Å². The third kappa shape index (κ3) is 7.85. The molecule has 5 rings (SSSR count). The van der Waals surface area contributed by atoms with Crippen molar-refractivity contribution in [3.63, 3.8) is 0 Å². The van der Waals surface area contributed by atoms with E-state index in [-0.39, 0.29) is 22.6 Å². The third-order valence-electron chi connectivity index (χ3n) is 6.77. The zero-order valence-electron chi connectivity index (χ0n) is 25.9. The molecular formula is C27H23N9O13S3. The summed E-state index contributed by atoms with van der Waals surface area (Å²) in [5.41, 5.74) is -0.950. The molecule has 1 aromatic heterocycles. The number of fused-ring (bicyclic) bond motifs is 1. The van der Waals surface area contributed by atoms with E-state index in [1.165, 1.54) is 36.4 Å². The van der Waals surface area contributed by atoms with Crippen LogP contribution < -0.4 is 26.6 Å². The number of nitrogens with one attached hydrogen (secondary N) is 2. The molecule has 52 heavy (non-hydrogen) atoms. The molecular weight excluding hydrogens is 755 g/mol. The van der Waals surface area contributed by atoms with Crippen molar-refractivity contribution in [1.82, 2.24) is 15.0 Å². The van der Waals surface area contributed by atoms with Crippen molar-refractivity contribution >= 4 is 83.0 Å². The predicted octanol–water partition coefficient (Wildman–Crippen LogP) is 3.02. The quantitative estimate of drug-likeness (QED) is 0.0483. The zero-order valence-corrected chi connectivity index (χ0v) is 28.3. The van der Waals surface area contributed by atoms with Gasteiger partial charge in [-0.3, -0.25) is 4.55 Å². The van der Waals surface area contributed by atoms with Crippen LogP contribution >= 0.6 is 0 Å². The van der Waals surface area contributed by atoms with E-state index in [1.54, 1.807) is 6.92 Å². The number of hydrogen-bond acceptors (Lipinski definition) is 20. The van der Waals surface area contributed by atoms with Gasteiger partial charge in [-0.15, -0.1) is 10.2 Å².